The Morgan fingerprint density at radius 2 is 2.12 bits per heavy atom. The first-order valence-corrected chi connectivity index (χ1v) is 7.93. The van der Waals surface area contributed by atoms with Crippen LogP contribution in [0.5, 0.6) is 0 Å². The Balaban J connectivity index is 1.50. The van der Waals surface area contributed by atoms with Crippen molar-refractivity contribution in [1.82, 2.24) is 15.3 Å². The number of anilines is 1. The highest BCUT2D eigenvalue weighted by Crippen LogP contribution is 2.24. The van der Waals surface area contributed by atoms with Gasteiger partial charge in [-0.05, 0) is 36.8 Å². The summed E-state index contributed by atoms with van der Waals surface area (Å²) in [5, 5.41) is 2.73. The number of halogens is 1. The van der Waals surface area contributed by atoms with Crippen LogP contribution in [0.15, 0.2) is 48.8 Å². The average molecular weight is 338 g/mol. The molecule has 1 aliphatic rings. The normalized spacial score (nSPS) is 17.2. The maximum absolute atomic E-state index is 13.9. The molecule has 2 amide bonds. The monoisotopic (exact) mass is 338 g/mol. The highest BCUT2D eigenvalue weighted by Gasteiger charge is 2.34. The molecule has 0 saturated carbocycles. The van der Waals surface area contributed by atoms with E-state index < -0.39 is 11.9 Å². The highest BCUT2D eigenvalue weighted by molar-refractivity contribution is 6.04. The van der Waals surface area contributed by atoms with E-state index in [0.717, 1.165) is 11.0 Å². The molecule has 4 rings (SSSR count). The lowest BCUT2D eigenvalue weighted by molar-refractivity contribution is -0.118. The van der Waals surface area contributed by atoms with Gasteiger partial charge < -0.3 is 15.2 Å². The van der Waals surface area contributed by atoms with Crippen LogP contribution in [0.1, 0.15) is 16.8 Å². The van der Waals surface area contributed by atoms with Crippen molar-refractivity contribution in [2.75, 3.05) is 11.4 Å². The quantitative estimate of drug-likeness (QED) is 0.769. The van der Waals surface area contributed by atoms with Crippen LogP contribution in [0.3, 0.4) is 0 Å². The number of fused-ring (bicyclic) bond motifs is 1. The zero-order valence-corrected chi connectivity index (χ0v) is 13.2. The number of H-pyrrole nitrogens is 1. The minimum Gasteiger partial charge on any atom is -0.345 e. The molecule has 0 aliphatic carbocycles. The van der Waals surface area contributed by atoms with Crippen molar-refractivity contribution < 1.29 is 14.0 Å². The number of aromatic nitrogens is 2. The van der Waals surface area contributed by atoms with E-state index in [1.807, 2.05) is 0 Å². The van der Waals surface area contributed by atoms with Gasteiger partial charge in [0, 0.05) is 12.1 Å². The molecule has 1 saturated heterocycles. The Hall–Kier alpha value is -3.22. The third-order valence-electron chi connectivity index (χ3n) is 4.34. The molecule has 2 N–H and O–H groups in total. The fourth-order valence-corrected chi connectivity index (χ4v) is 3.04. The average Bonchev–Trinajstić information content (AvgIpc) is 3.22. The smallest absolute Gasteiger partial charge is 0.252 e. The van der Waals surface area contributed by atoms with E-state index in [4.69, 9.17) is 0 Å². The van der Waals surface area contributed by atoms with Gasteiger partial charge in [0.15, 0.2) is 0 Å². The maximum Gasteiger partial charge on any atom is 0.252 e. The summed E-state index contributed by atoms with van der Waals surface area (Å²) in [5.74, 6) is -1.10. The Kier molecular flexibility index (Phi) is 3.68. The summed E-state index contributed by atoms with van der Waals surface area (Å²) in [7, 11) is 0. The largest absolute Gasteiger partial charge is 0.345 e. The first kappa shape index (κ1) is 15.3. The maximum atomic E-state index is 13.9. The summed E-state index contributed by atoms with van der Waals surface area (Å²) < 4.78 is 13.9. The molecule has 1 aliphatic heterocycles. The number of carbonyl (C=O) groups is 2. The second kappa shape index (κ2) is 6.01. The van der Waals surface area contributed by atoms with E-state index in [0.29, 0.717) is 18.5 Å². The van der Waals surface area contributed by atoms with Gasteiger partial charge in [-0.2, -0.15) is 0 Å². The van der Waals surface area contributed by atoms with Crippen LogP contribution in [0.4, 0.5) is 10.1 Å². The number of rotatable bonds is 3. The van der Waals surface area contributed by atoms with Crippen molar-refractivity contribution in [3.05, 3.63) is 60.2 Å². The van der Waals surface area contributed by atoms with Crippen LogP contribution in [0.25, 0.3) is 11.0 Å². The number of nitrogens with one attached hydrogen (secondary N) is 2. The second-order valence-electron chi connectivity index (χ2n) is 5.89. The van der Waals surface area contributed by atoms with Gasteiger partial charge in [0.25, 0.3) is 5.91 Å². The molecule has 7 heteroatoms. The topological polar surface area (TPSA) is 78.1 Å². The van der Waals surface area contributed by atoms with E-state index in [-0.39, 0.29) is 17.5 Å². The van der Waals surface area contributed by atoms with Gasteiger partial charge in [0.1, 0.15) is 11.9 Å². The fourth-order valence-electron chi connectivity index (χ4n) is 3.04. The number of hydrogen-bond donors (Lipinski definition) is 2. The zero-order valence-electron chi connectivity index (χ0n) is 13.2. The van der Waals surface area contributed by atoms with Gasteiger partial charge >= 0.3 is 0 Å². The summed E-state index contributed by atoms with van der Waals surface area (Å²) in [6, 6.07) is 10.5. The molecule has 1 fully saturated rings. The third-order valence-corrected chi connectivity index (χ3v) is 4.34. The number of para-hydroxylation sites is 1. The minimum absolute atomic E-state index is 0.239. The summed E-state index contributed by atoms with van der Waals surface area (Å²) in [4.78, 5) is 33.4. The molecular weight excluding hydrogens is 323 g/mol. The van der Waals surface area contributed by atoms with Crippen LogP contribution in [-0.4, -0.2) is 34.4 Å². The van der Waals surface area contributed by atoms with Crippen molar-refractivity contribution in [2.24, 2.45) is 0 Å². The minimum atomic E-state index is -0.662. The lowest BCUT2D eigenvalue weighted by atomic mass is 10.1. The van der Waals surface area contributed by atoms with Crippen LogP contribution in [-0.2, 0) is 4.79 Å². The predicted octanol–water partition coefficient (Wildman–Crippen LogP) is 2.24. The lowest BCUT2D eigenvalue weighted by Gasteiger charge is -2.17. The first-order valence-electron chi connectivity index (χ1n) is 7.93. The van der Waals surface area contributed by atoms with Crippen molar-refractivity contribution in [1.29, 1.82) is 0 Å². The van der Waals surface area contributed by atoms with Crippen LogP contribution >= 0.6 is 0 Å². The van der Waals surface area contributed by atoms with Crippen molar-refractivity contribution >= 4 is 28.5 Å². The number of nitrogens with zero attached hydrogens (tertiary/aromatic N) is 2. The van der Waals surface area contributed by atoms with E-state index in [1.165, 1.54) is 11.0 Å². The van der Waals surface area contributed by atoms with Crippen LogP contribution < -0.4 is 10.2 Å². The molecule has 2 heterocycles. The van der Waals surface area contributed by atoms with E-state index >= 15 is 0 Å². The Labute approximate surface area is 142 Å². The highest BCUT2D eigenvalue weighted by atomic mass is 19.1. The second-order valence-corrected chi connectivity index (χ2v) is 5.89. The summed E-state index contributed by atoms with van der Waals surface area (Å²) in [6.45, 7) is 0.365. The van der Waals surface area contributed by atoms with Crippen LogP contribution in [0.2, 0.25) is 0 Å². The van der Waals surface area contributed by atoms with E-state index in [1.54, 1.807) is 42.7 Å². The number of imidazole rings is 1. The Bertz CT molecular complexity index is 968. The SMILES string of the molecule is O=C(N[C@H]1CCN(c2ccccc2F)C1=O)c1ccc2nc[nH]c2c1. The number of benzene rings is 2. The predicted molar refractivity (Wildman–Crippen MR) is 90.7 cm³/mol. The third kappa shape index (κ3) is 2.73. The molecule has 0 radical (unpaired) electrons. The molecule has 1 atom stereocenters. The van der Waals surface area contributed by atoms with Crippen molar-refractivity contribution in [3.63, 3.8) is 0 Å². The van der Waals surface area contributed by atoms with Gasteiger partial charge in [-0.3, -0.25) is 9.59 Å². The molecule has 0 spiro atoms. The Morgan fingerprint density at radius 1 is 1.28 bits per heavy atom. The molecule has 3 aromatic rings. The number of hydrogen-bond acceptors (Lipinski definition) is 3. The zero-order chi connectivity index (χ0) is 17.4. The standard InChI is InChI=1S/C18H15FN4O2/c19-12-3-1-2-4-16(12)23-8-7-14(18(23)25)22-17(24)11-5-6-13-15(9-11)21-10-20-13/h1-6,9-10,14H,7-8H2,(H,20,21)(H,22,24)/t14-/m0/s1. The first-order chi connectivity index (χ1) is 12.1. The molecule has 1 aromatic heterocycles. The van der Waals surface area contributed by atoms with Gasteiger partial charge in [-0.25, -0.2) is 9.37 Å². The van der Waals surface area contributed by atoms with Gasteiger partial charge in [-0.15, -0.1) is 0 Å². The fraction of sp³-hybridized carbons (Fsp3) is 0.167. The van der Waals surface area contributed by atoms with Gasteiger partial charge in [-0.1, -0.05) is 12.1 Å². The van der Waals surface area contributed by atoms with Gasteiger partial charge in [0.05, 0.1) is 23.0 Å². The number of amides is 2. The lowest BCUT2D eigenvalue weighted by Crippen LogP contribution is -2.41. The van der Waals surface area contributed by atoms with Crippen molar-refractivity contribution in [3.8, 4) is 0 Å². The molecule has 0 unspecified atom stereocenters. The number of aromatic amines is 1. The van der Waals surface area contributed by atoms with E-state index in [9.17, 15) is 14.0 Å². The Morgan fingerprint density at radius 3 is 2.96 bits per heavy atom. The summed E-state index contributed by atoms with van der Waals surface area (Å²) in [6.07, 6.45) is 1.99. The molecule has 0 bridgehead atoms. The van der Waals surface area contributed by atoms with E-state index in [2.05, 4.69) is 15.3 Å². The molecular formula is C18H15FN4O2. The number of carbonyl (C=O) groups excluding carboxylic acids is 2. The molecule has 25 heavy (non-hydrogen) atoms. The van der Waals surface area contributed by atoms with Gasteiger partial charge in [0.2, 0.25) is 5.91 Å². The molecule has 126 valence electrons. The molecule has 6 nitrogen and oxygen atoms in total. The summed E-state index contributed by atoms with van der Waals surface area (Å²) in [5.41, 5.74) is 2.19. The van der Waals surface area contributed by atoms with Crippen LogP contribution in [0, 0.1) is 5.82 Å². The summed E-state index contributed by atoms with van der Waals surface area (Å²) >= 11 is 0. The van der Waals surface area contributed by atoms with Crippen molar-refractivity contribution in [2.45, 2.75) is 12.5 Å². The molecule has 2 aromatic carbocycles.